The summed E-state index contributed by atoms with van der Waals surface area (Å²) in [5.41, 5.74) is 5.26. The van der Waals surface area contributed by atoms with E-state index in [0.29, 0.717) is 6.42 Å². The molecule has 1 aromatic rings. The Morgan fingerprint density at radius 1 is 1.41 bits per heavy atom. The molecule has 0 saturated heterocycles. The Hall–Kier alpha value is -1.26. The second-order valence-corrected chi connectivity index (χ2v) is 4.62. The van der Waals surface area contributed by atoms with E-state index < -0.39 is 5.54 Å². The van der Waals surface area contributed by atoms with Crippen molar-refractivity contribution in [3.63, 3.8) is 0 Å². The summed E-state index contributed by atoms with van der Waals surface area (Å²) < 4.78 is 10.8. The lowest BCUT2D eigenvalue weighted by atomic mass is 9.97. The van der Waals surface area contributed by atoms with Gasteiger partial charge in [0.05, 0.1) is 19.8 Å². The molecular formula is C13H21NO3. The van der Waals surface area contributed by atoms with Gasteiger partial charge < -0.3 is 20.3 Å². The van der Waals surface area contributed by atoms with E-state index in [-0.39, 0.29) is 12.7 Å². The van der Waals surface area contributed by atoms with Gasteiger partial charge in [0.2, 0.25) is 0 Å². The molecule has 2 atom stereocenters. The van der Waals surface area contributed by atoms with E-state index in [1.807, 2.05) is 31.2 Å². The summed E-state index contributed by atoms with van der Waals surface area (Å²) in [6.07, 6.45) is 0.519. The molecule has 4 nitrogen and oxygen atoms in total. The minimum Gasteiger partial charge on any atom is -0.497 e. The zero-order valence-electron chi connectivity index (χ0n) is 10.6. The van der Waals surface area contributed by atoms with Crippen LogP contribution in [0.5, 0.6) is 11.5 Å². The molecule has 0 radical (unpaired) electrons. The number of nitrogens with two attached hydrogens (primary N) is 1. The first-order valence-corrected chi connectivity index (χ1v) is 5.67. The fourth-order valence-electron chi connectivity index (χ4n) is 1.67. The van der Waals surface area contributed by atoms with Crippen molar-refractivity contribution >= 4 is 0 Å². The first kappa shape index (κ1) is 13.8. The van der Waals surface area contributed by atoms with E-state index >= 15 is 0 Å². The maximum atomic E-state index is 9.09. The SMILES string of the molecule is COc1cccc(OC(C)CC(C)(N)CO)c1. The molecule has 0 spiro atoms. The molecule has 0 aliphatic carbocycles. The molecule has 0 aliphatic rings. The van der Waals surface area contributed by atoms with Gasteiger partial charge in [-0.05, 0) is 26.0 Å². The minimum atomic E-state index is -0.613. The molecule has 17 heavy (non-hydrogen) atoms. The van der Waals surface area contributed by atoms with Gasteiger partial charge in [-0.15, -0.1) is 0 Å². The molecular weight excluding hydrogens is 218 g/mol. The number of methoxy groups -OCH3 is 1. The van der Waals surface area contributed by atoms with Crippen LogP contribution in [0.15, 0.2) is 24.3 Å². The molecule has 96 valence electrons. The van der Waals surface area contributed by atoms with Crippen LogP contribution in [-0.4, -0.2) is 30.5 Å². The van der Waals surface area contributed by atoms with Gasteiger partial charge in [-0.3, -0.25) is 0 Å². The standard InChI is InChI=1S/C13H21NO3/c1-10(8-13(2,14)9-15)17-12-6-4-5-11(7-12)16-3/h4-7,10,15H,8-9,14H2,1-3H3. The number of ether oxygens (including phenoxy) is 2. The summed E-state index contributed by atoms with van der Waals surface area (Å²) in [7, 11) is 1.62. The van der Waals surface area contributed by atoms with Gasteiger partial charge >= 0.3 is 0 Å². The van der Waals surface area contributed by atoms with Crippen LogP contribution in [0, 0.1) is 0 Å². The maximum absolute atomic E-state index is 9.09. The van der Waals surface area contributed by atoms with Crippen molar-refractivity contribution in [3.05, 3.63) is 24.3 Å². The van der Waals surface area contributed by atoms with Crippen LogP contribution in [0.3, 0.4) is 0 Å². The van der Waals surface area contributed by atoms with Crippen molar-refractivity contribution < 1.29 is 14.6 Å². The Labute approximate surface area is 102 Å². The highest BCUT2D eigenvalue weighted by Crippen LogP contribution is 2.21. The van der Waals surface area contributed by atoms with E-state index in [1.54, 1.807) is 14.0 Å². The highest BCUT2D eigenvalue weighted by atomic mass is 16.5. The van der Waals surface area contributed by atoms with Gasteiger partial charge in [0.15, 0.2) is 0 Å². The van der Waals surface area contributed by atoms with Crippen LogP contribution >= 0.6 is 0 Å². The second kappa shape index (κ2) is 5.89. The van der Waals surface area contributed by atoms with E-state index in [0.717, 1.165) is 11.5 Å². The molecule has 0 amide bonds. The molecule has 0 saturated carbocycles. The number of hydrogen-bond acceptors (Lipinski definition) is 4. The summed E-state index contributed by atoms with van der Waals surface area (Å²) in [6, 6.07) is 7.42. The van der Waals surface area contributed by atoms with Crippen molar-refractivity contribution in [1.82, 2.24) is 0 Å². The highest BCUT2D eigenvalue weighted by Gasteiger charge is 2.21. The van der Waals surface area contributed by atoms with Crippen molar-refractivity contribution in [2.24, 2.45) is 5.73 Å². The average Bonchev–Trinajstić information content (AvgIpc) is 2.28. The Kier molecular flexibility index (Phi) is 4.78. The Morgan fingerprint density at radius 2 is 2.06 bits per heavy atom. The van der Waals surface area contributed by atoms with Crippen LogP contribution in [-0.2, 0) is 0 Å². The number of hydrogen-bond donors (Lipinski definition) is 2. The van der Waals surface area contributed by atoms with Crippen molar-refractivity contribution in [2.75, 3.05) is 13.7 Å². The Morgan fingerprint density at radius 3 is 2.65 bits per heavy atom. The Bertz CT molecular complexity index is 352. The zero-order valence-corrected chi connectivity index (χ0v) is 10.6. The predicted octanol–water partition coefficient (Wildman–Crippen LogP) is 1.56. The van der Waals surface area contributed by atoms with E-state index in [4.69, 9.17) is 20.3 Å². The van der Waals surface area contributed by atoms with Gasteiger partial charge in [-0.2, -0.15) is 0 Å². The van der Waals surface area contributed by atoms with Crippen LogP contribution in [0.1, 0.15) is 20.3 Å². The number of aliphatic hydroxyl groups excluding tert-OH is 1. The van der Waals surface area contributed by atoms with Gasteiger partial charge in [0, 0.05) is 18.0 Å². The molecule has 2 unspecified atom stereocenters. The molecule has 0 heterocycles. The van der Waals surface area contributed by atoms with Gasteiger partial charge in [-0.25, -0.2) is 0 Å². The van der Waals surface area contributed by atoms with Crippen LogP contribution in [0.2, 0.25) is 0 Å². The van der Waals surface area contributed by atoms with E-state index in [1.165, 1.54) is 0 Å². The quantitative estimate of drug-likeness (QED) is 0.790. The van der Waals surface area contributed by atoms with Crippen LogP contribution < -0.4 is 15.2 Å². The number of rotatable bonds is 6. The highest BCUT2D eigenvalue weighted by molar-refractivity contribution is 5.32. The topological polar surface area (TPSA) is 64.7 Å². The number of aliphatic hydroxyl groups is 1. The lowest BCUT2D eigenvalue weighted by molar-refractivity contribution is 0.133. The van der Waals surface area contributed by atoms with Crippen LogP contribution in [0.25, 0.3) is 0 Å². The molecule has 0 bridgehead atoms. The molecule has 3 N–H and O–H groups in total. The summed E-state index contributed by atoms with van der Waals surface area (Å²) >= 11 is 0. The van der Waals surface area contributed by atoms with Gasteiger partial charge in [-0.1, -0.05) is 6.07 Å². The molecule has 0 fully saturated rings. The lowest BCUT2D eigenvalue weighted by Gasteiger charge is -2.26. The summed E-state index contributed by atoms with van der Waals surface area (Å²) in [5.74, 6) is 1.50. The summed E-state index contributed by atoms with van der Waals surface area (Å²) in [4.78, 5) is 0. The monoisotopic (exact) mass is 239 g/mol. The molecule has 0 aliphatic heterocycles. The zero-order chi connectivity index (χ0) is 12.9. The van der Waals surface area contributed by atoms with Crippen LogP contribution in [0.4, 0.5) is 0 Å². The predicted molar refractivity (Wildman–Crippen MR) is 67.4 cm³/mol. The fraction of sp³-hybridized carbons (Fsp3) is 0.538. The van der Waals surface area contributed by atoms with Gasteiger partial charge in [0.25, 0.3) is 0 Å². The average molecular weight is 239 g/mol. The third-order valence-electron chi connectivity index (χ3n) is 2.49. The summed E-state index contributed by atoms with van der Waals surface area (Å²) in [6.45, 7) is 3.68. The Balaban J connectivity index is 2.58. The number of benzene rings is 1. The minimum absolute atomic E-state index is 0.0567. The van der Waals surface area contributed by atoms with Crippen molar-refractivity contribution in [3.8, 4) is 11.5 Å². The molecule has 1 rings (SSSR count). The third-order valence-corrected chi connectivity index (χ3v) is 2.49. The maximum Gasteiger partial charge on any atom is 0.123 e. The van der Waals surface area contributed by atoms with E-state index in [2.05, 4.69) is 0 Å². The second-order valence-electron chi connectivity index (χ2n) is 4.62. The largest absolute Gasteiger partial charge is 0.497 e. The first-order chi connectivity index (χ1) is 7.96. The van der Waals surface area contributed by atoms with E-state index in [9.17, 15) is 0 Å². The first-order valence-electron chi connectivity index (χ1n) is 5.67. The molecule has 0 aromatic heterocycles. The van der Waals surface area contributed by atoms with Crippen molar-refractivity contribution in [2.45, 2.75) is 31.9 Å². The smallest absolute Gasteiger partial charge is 0.123 e. The lowest BCUT2D eigenvalue weighted by Crippen LogP contribution is -2.43. The fourth-order valence-corrected chi connectivity index (χ4v) is 1.67. The molecule has 4 heteroatoms. The third kappa shape index (κ3) is 4.63. The summed E-state index contributed by atoms with van der Waals surface area (Å²) in [5, 5.41) is 9.09. The van der Waals surface area contributed by atoms with Crippen molar-refractivity contribution in [1.29, 1.82) is 0 Å². The van der Waals surface area contributed by atoms with Gasteiger partial charge in [0.1, 0.15) is 11.5 Å². The normalized spacial score (nSPS) is 16.1. The molecule has 1 aromatic carbocycles.